The number of para-hydroxylation sites is 1. The number of ketones is 1. The van der Waals surface area contributed by atoms with Crippen LogP contribution in [0.4, 0.5) is 0 Å². The van der Waals surface area contributed by atoms with E-state index in [2.05, 4.69) is 15.2 Å². The zero-order valence-corrected chi connectivity index (χ0v) is 20.5. The van der Waals surface area contributed by atoms with Crippen LogP contribution in [0.3, 0.4) is 0 Å². The summed E-state index contributed by atoms with van der Waals surface area (Å²) in [5.41, 5.74) is 1.97. The smallest absolute Gasteiger partial charge is 0.243 e. The molecule has 176 valence electrons. The molecule has 10 heteroatoms. The van der Waals surface area contributed by atoms with Crippen LogP contribution in [0.5, 0.6) is 0 Å². The number of sulfonamides is 1. The second kappa shape index (κ2) is 10.4. The molecule has 0 amide bonds. The van der Waals surface area contributed by atoms with Crippen LogP contribution < -0.4 is 0 Å². The number of H-pyrrole nitrogens is 1. The van der Waals surface area contributed by atoms with Gasteiger partial charge in [-0.2, -0.15) is 4.31 Å². The third-order valence-corrected chi connectivity index (χ3v) is 8.29. The second-order valence-corrected chi connectivity index (χ2v) is 10.3. The van der Waals surface area contributed by atoms with E-state index in [0.29, 0.717) is 35.3 Å². The Morgan fingerprint density at radius 2 is 1.76 bits per heavy atom. The standard InChI is InChI=1S/C24H25N5O3S2/c1-3-28(4-2)34(31,32)20-13-8-10-18(16-20)23-26-27-24(29(23)19-11-6-5-7-12-19)33-17-22(30)21-14-9-15-25-21/h5-16,25H,3-4,17H2,1-2H3. The number of thioether (sulfide) groups is 1. The van der Waals surface area contributed by atoms with Crippen molar-refractivity contribution in [1.82, 2.24) is 24.1 Å². The SMILES string of the molecule is CCN(CC)S(=O)(=O)c1cccc(-c2nnc(SCC(=O)c3ccc[nH]3)n2-c2ccccc2)c1. The van der Waals surface area contributed by atoms with Crippen LogP contribution in [0.2, 0.25) is 0 Å². The maximum Gasteiger partial charge on any atom is 0.243 e. The third kappa shape index (κ3) is 4.84. The fraction of sp³-hybridized carbons (Fsp3) is 0.208. The summed E-state index contributed by atoms with van der Waals surface area (Å²) in [6.07, 6.45) is 1.71. The Morgan fingerprint density at radius 3 is 2.44 bits per heavy atom. The molecule has 8 nitrogen and oxygen atoms in total. The van der Waals surface area contributed by atoms with Gasteiger partial charge in [-0.05, 0) is 36.4 Å². The van der Waals surface area contributed by atoms with Crippen molar-refractivity contribution in [1.29, 1.82) is 0 Å². The molecule has 0 radical (unpaired) electrons. The molecule has 0 aliphatic rings. The Kier molecular flexibility index (Phi) is 7.30. The fourth-order valence-electron chi connectivity index (χ4n) is 3.58. The summed E-state index contributed by atoms with van der Waals surface area (Å²) < 4.78 is 29.4. The zero-order chi connectivity index (χ0) is 24.1. The number of benzene rings is 2. The number of carbonyl (C=O) groups excluding carboxylic acids is 1. The molecule has 2 aromatic heterocycles. The third-order valence-electron chi connectivity index (χ3n) is 5.31. The van der Waals surface area contributed by atoms with Crippen molar-refractivity contribution < 1.29 is 13.2 Å². The lowest BCUT2D eigenvalue weighted by Crippen LogP contribution is -2.30. The Balaban J connectivity index is 1.74. The molecule has 0 bridgehead atoms. The lowest BCUT2D eigenvalue weighted by atomic mass is 10.2. The fourth-order valence-corrected chi connectivity index (χ4v) is 5.92. The number of aromatic amines is 1. The van der Waals surface area contributed by atoms with Crippen LogP contribution in [-0.4, -0.2) is 57.1 Å². The van der Waals surface area contributed by atoms with Gasteiger partial charge in [-0.15, -0.1) is 10.2 Å². The molecule has 0 aliphatic carbocycles. The number of aromatic nitrogens is 4. The van der Waals surface area contributed by atoms with Crippen molar-refractivity contribution in [3.63, 3.8) is 0 Å². The average Bonchev–Trinajstić information content (AvgIpc) is 3.54. The Labute approximate surface area is 203 Å². The van der Waals surface area contributed by atoms with Crippen LogP contribution in [0.25, 0.3) is 17.1 Å². The number of hydrogen-bond acceptors (Lipinski definition) is 6. The predicted octanol–water partition coefficient (Wildman–Crippen LogP) is 4.27. The first-order valence-electron chi connectivity index (χ1n) is 10.9. The lowest BCUT2D eigenvalue weighted by Gasteiger charge is -2.19. The van der Waals surface area contributed by atoms with Crippen LogP contribution >= 0.6 is 11.8 Å². The minimum absolute atomic E-state index is 0.0496. The lowest BCUT2D eigenvalue weighted by molar-refractivity contribution is 0.101. The van der Waals surface area contributed by atoms with Gasteiger partial charge < -0.3 is 4.98 Å². The Bertz CT molecular complexity index is 1360. The highest BCUT2D eigenvalue weighted by molar-refractivity contribution is 7.99. The minimum Gasteiger partial charge on any atom is -0.359 e. The summed E-state index contributed by atoms with van der Waals surface area (Å²) in [7, 11) is -3.63. The molecule has 2 heterocycles. The first kappa shape index (κ1) is 23.9. The van der Waals surface area contributed by atoms with E-state index in [4.69, 9.17) is 0 Å². The van der Waals surface area contributed by atoms with Crippen molar-refractivity contribution in [3.05, 3.63) is 78.6 Å². The Hall–Kier alpha value is -3.21. The van der Waals surface area contributed by atoms with Gasteiger partial charge in [0.2, 0.25) is 10.0 Å². The van der Waals surface area contributed by atoms with Gasteiger partial charge >= 0.3 is 0 Å². The Morgan fingerprint density at radius 1 is 1.00 bits per heavy atom. The number of hydrogen-bond donors (Lipinski definition) is 1. The van der Waals surface area contributed by atoms with Gasteiger partial charge in [0.15, 0.2) is 16.8 Å². The number of nitrogens with one attached hydrogen (secondary N) is 1. The predicted molar refractivity (Wildman–Crippen MR) is 133 cm³/mol. The van der Waals surface area contributed by atoms with Gasteiger partial charge in [0.05, 0.1) is 16.3 Å². The van der Waals surface area contributed by atoms with E-state index in [1.54, 1.807) is 36.5 Å². The summed E-state index contributed by atoms with van der Waals surface area (Å²) in [4.78, 5) is 15.6. The summed E-state index contributed by atoms with van der Waals surface area (Å²) in [6.45, 7) is 4.40. The van der Waals surface area contributed by atoms with E-state index in [1.165, 1.54) is 16.1 Å². The van der Waals surface area contributed by atoms with Gasteiger partial charge in [-0.25, -0.2) is 8.42 Å². The highest BCUT2D eigenvalue weighted by Crippen LogP contribution is 2.30. The molecule has 0 atom stereocenters. The number of nitrogens with zero attached hydrogens (tertiary/aromatic N) is 4. The maximum absolute atomic E-state index is 13.1. The first-order valence-corrected chi connectivity index (χ1v) is 13.3. The largest absolute Gasteiger partial charge is 0.359 e. The van der Waals surface area contributed by atoms with E-state index in [0.717, 1.165) is 5.69 Å². The summed E-state index contributed by atoms with van der Waals surface area (Å²) >= 11 is 1.28. The van der Waals surface area contributed by atoms with E-state index in [9.17, 15) is 13.2 Å². The van der Waals surface area contributed by atoms with Crippen molar-refractivity contribution in [2.24, 2.45) is 0 Å². The van der Waals surface area contributed by atoms with Crippen LogP contribution in [0, 0.1) is 0 Å². The minimum atomic E-state index is -3.63. The highest BCUT2D eigenvalue weighted by Gasteiger charge is 2.24. The molecule has 4 rings (SSSR count). The van der Waals surface area contributed by atoms with Crippen molar-refractivity contribution in [2.75, 3.05) is 18.8 Å². The van der Waals surface area contributed by atoms with Gasteiger partial charge in [0, 0.05) is 30.5 Å². The van der Waals surface area contributed by atoms with Crippen LogP contribution in [0.1, 0.15) is 24.3 Å². The number of carbonyl (C=O) groups is 1. The molecular weight excluding hydrogens is 470 g/mol. The quantitative estimate of drug-likeness (QED) is 0.260. The molecule has 0 saturated heterocycles. The monoisotopic (exact) mass is 495 g/mol. The average molecular weight is 496 g/mol. The number of rotatable bonds is 10. The molecular formula is C24H25N5O3S2. The molecule has 2 aromatic carbocycles. The highest BCUT2D eigenvalue weighted by atomic mass is 32.2. The van der Waals surface area contributed by atoms with Gasteiger partial charge in [-0.1, -0.05) is 55.9 Å². The first-order chi connectivity index (χ1) is 16.5. The van der Waals surface area contributed by atoms with E-state index in [-0.39, 0.29) is 16.4 Å². The van der Waals surface area contributed by atoms with E-state index < -0.39 is 10.0 Å². The summed E-state index contributed by atoms with van der Waals surface area (Å²) in [5, 5.41) is 9.25. The normalized spacial score (nSPS) is 11.7. The van der Waals surface area contributed by atoms with Crippen LogP contribution in [0.15, 0.2) is 83.0 Å². The van der Waals surface area contributed by atoms with Crippen LogP contribution in [-0.2, 0) is 10.0 Å². The topological polar surface area (TPSA) is 101 Å². The number of Topliss-reactive ketones (excluding diaryl/α,β-unsaturated/α-hetero) is 1. The van der Waals surface area contributed by atoms with E-state index in [1.807, 2.05) is 54.8 Å². The molecule has 1 N–H and O–H groups in total. The summed E-state index contributed by atoms with van der Waals surface area (Å²) in [6, 6.07) is 19.8. The molecule has 0 fully saturated rings. The van der Waals surface area contributed by atoms with Crippen molar-refractivity contribution >= 4 is 27.6 Å². The molecule has 0 aliphatic heterocycles. The van der Waals surface area contributed by atoms with Crippen molar-refractivity contribution in [3.8, 4) is 17.1 Å². The zero-order valence-electron chi connectivity index (χ0n) is 18.9. The molecule has 0 spiro atoms. The van der Waals surface area contributed by atoms with Gasteiger partial charge in [0.1, 0.15) is 0 Å². The van der Waals surface area contributed by atoms with Gasteiger partial charge in [-0.3, -0.25) is 9.36 Å². The summed E-state index contributed by atoms with van der Waals surface area (Å²) in [5.74, 6) is 0.631. The molecule has 0 unspecified atom stereocenters. The maximum atomic E-state index is 13.1. The van der Waals surface area contributed by atoms with Crippen molar-refractivity contribution in [2.45, 2.75) is 23.9 Å². The van der Waals surface area contributed by atoms with Gasteiger partial charge in [0.25, 0.3) is 0 Å². The molecule has 4 aromatic rings. The molecule has 0 saturated carbocycles. The van der Waals surface area contributed by atoms with E-state index >= 15 is 0 Å². The molecule has 34 heavy (non-hydrogen) atoms. The second-order valence-electron chi connectivity index (χ2n) is 7.39.